The lowest BCUT2D eigenvalue weighted by atomic mass is 10.2. The second-order valence-electron chi connectivity index (χ2n) is 7.54. The van der Waals surface area contributed by atoms with Crippen LogP contribution in [0.4, 0.5) is 0 Å². The quantitative estimate of drug-likeness (QED) is 0.267. The predicted octanol–water partition coefficient (Wildman–Crippen LogP) is -0.234. The molecule has 0 heterocycles. The topological polar surface area (TPSA) is 166 Å². The number of esters is 2. The maximum atomic E-state index is 12.4. The molecule has 0 unspecified atom stereocenters. The molecular formula is C20H32N4O7. The third-order valence-corrected chi connectivity index (χ3v) is 3.30. The number of nitrogens with one attached hydrogen (secondary N) is 3. The molecule has 0 fully saturated rings. The van der Waals surface area contributed by atoms with Gasteiger partial charge in [-0.1, -0.05) is 0 Å². The number of ether oxygens (including phenoxy) is 2. The van der Waals surface area contributed by atoms with Crippen LogP contribution in [0.2, 0.25) is 0 Å². The molecule has 0 aromatic rings. The summed E-state index contributed by atoms with van der Waals surface area (Å²) in [6, 6.07) is 0. The van der Waals surface area contributed by atoms with Crippen LogP contribution in [0.25, 0.3) is 0 Å². The van der Waals surface area contributed by atoms with E-state index in [1.165, 1.54) is 0 Å². The van der Waals surface area contributed by atoms with Gasteiger partial charge in [0, 0.05) is 0 Å². The Kier molecular flexibility index (Phi) is 11.6. The molecule has 0 saturated heterocycles. The molecule has 5 N–H and O–H groups in total. The highest BCUT2D eigenvalue weighted by molar-refractivity contribution is 6.00. The number of rotatable bonds is 10. The summed E-state index contributed by atoms with van der Waals surface area (Å²) < 4.78 is 9.87. The molecule has 0 aliphatic rings. The minimum absolute atomic E-state index is 0.0272. The lowest BCUT2D eigenvalue weighted by Crippen LogP contribution is -2.42. The summed E-state index contributed by atoms with van der Waals surface area (Å²) in [7, 11) is 0. The van der Waals surface area contributed by atoms with Crippen molar-refractivity contribution in [2.24, 2.45) is 5.73 Å². The zero-order chi connectivity index (χ0) is 24.2. The first-order valence-corrected chi connectivity index (χ1v) is 9.63. The van der Waals surface area contributed by atoms with Gasteiger partial charge in [-0.2, -0.15) is 0 Å². The molecular weight excluding hydrogens is 408 g/mol. The number of carbonyl (C=O) groups is 5. The summed E-state index contributed by atoms with van der Waals surface area (Å²) in [6.45, 7) is 9.19. The number of carbonyl (C=O) groups excluding carboxylic acids is 5. The maximum absolute atomic E-state index is 12.4. The van der Waals surface area contributed by atoms with Gasteiger partial charge in [0.2, 0.25) is 5.91 Å². The van der Waals surface area contributed by atoms with Crippen LogP contribution in [-0.2, 0) is 33.4 Å². The van der Waals surface area contributed by atoms with Crippen molar-refractivity contribution in [3.8, 4) is 0 Å². The molecule has 0 aromatic heterocycles. The van der Waals surface area contributed by atoms with Gasteiger partial charge in [0.05, 0.1) is 25.3 Å². The Hall–Kier alpha value is -3.37. The van der Waals surface area contributed by atoms with Gasteiger partial charge in [-0.05, 0) is 53.2 Å². The van der Waals surface area contributed by atoms with E-state index in [1.807, 2.05) is 0 Å². The molecule has 0 spiro atoms. The zero-order valence-corrected chi connectivity index (χ0v) is 18.8. The lowest BCUT2D eigenvalue weighted by Gasteiger charge is -2.19. The molecule has 0 atom stereocenters. The number of hydrogen-bond donors (Lipinski definition) is 4. The van der Waals surface area contributed by atoms with Crippen molar-refractivity contribution in [3.63, 3.8) is 0 Å². The smallest absolute Gasteiger partial charge is 0.325 e. The molecule has 3 amide bonds. The summed E-state index contributed by atoms with van der Waals surface area (Å²) >= 11 is 0. The number of hydrogen-bond acceptors (Lipinski definition) is 8. The fourth-order valence-corrected chi connectivity index (χ4v) is 1.91. The van der Waals surface area contributed by atoms with Gasteiger partial charge < -0.3 is 31.2 Å². The highest BCUT2D eigenvalue weighted by Crippen LogP contribution is 2.09. The molecule has 0 radical (unpaired) electrons. The van der Waals surface area contributed by atoms with E-state index >= 15 is 0 Å². The molecule has 0 aliphatic carbocycles. The third kappa shape index (κ3) is 12.7. The van der Waals surface area contributed by atoms with Crippen molar-refractivity contribution in [2.45, 2.75) is 53.6 Å². The van der Waals surface area contributed by atoms with Crippen LogP contribution < -0.4 is 21.7 Å². The Morgan fingerprint density at radius 2 is 1.52 bits per heavy atom. The van der Waals surface area contributed by atoms with Gasteiger partial charge in [-0.15, -0.1) is 0 Å². The van der Waals surface area contributed by atoms with Crippen molar-refractivity contribution < 1.29 is 33.4 Å². The molecule has 0 aliphatic heterocycles. The van der Waals surface area contributed by atoms with Crippen LogP contribution in [0.5, 0.6) is 0 Å². The van der Waals surface area contributed by atoms with Crippen molar-refractivity contribution in [1.29, 1.82) is 0 Å². The first kappa shape index (κ1) is 27.6. The summed E-state index contributed by atoms with van der Waals surface area (Å²) in [4.78, 5) is 59.7. The molecule has 0 rings (SSSR count). The Morgan fingerprint density at radius 1 is 0.935 bits per heavy atom. The van der Waals surface area contributed by atoms with Gasteiger partial charge in [0.15, 0.2) is 0 Å². The fraction of sp³-hybridized carbons (Fsp3) is 0.550. The standard InChI is InChI=1S/C20H32N4O7/c1-7-30-16(27)11-23-18(28)13(8-9-15(26)31-20(4,5)6)24-14(25)10-22-19(29)17(21)12(2)3/h8H,7,9-11,21H2,1-6H3,(H,22,29)(H,23,28)(H,24,25)/b13-8+. The highest BCUT2D eigenvalue weighted by Gasteiger charge is 2.19. The lowest BCUT2D eigenvalue weighted by molar-refractivity contribution is -0.153. The first-order valence-electron chi connectivity index (χ1n) is 9.63. The summed E-state index contributed by atoms with van der Waals surface area (Å²) in [5.41, 5.74) is 5.12. The second-order valence-corrected chi connectivity index (χ2v) is 7.54. The average molecular weight is 440 g/mol. The van der Waals surface area contributed by atoms with E-state index < -0.39 is 48.4 Å². The second kappa shape index (κ2) is 13.0. The van der Waals surface area contributed by atoms with Crippen LogP contribution in [0.15, 0.2) is 23.0 Å². The summed E-state index contributed by atoms with van der Waals surface area (Å²) in [6.07, 6.45) is 0.843. The van der Waals surface area contributed by atoms with Crippen molar-refractivity contribution >= 4 is 29.7 Å². The van der Waals surface area contributed by atoms with E-state index in [2.05, 4.69) is 16.0 Å². The molecule has 31 heavy (non-hydrogen) atoms. The number of nitrogens with two attached hydrogens (primary N) is 1. The number of allylic oxidation sites excluding steroid dienone is 1. The third-order valence-electron chi connectivity index (χ3n) is 3.30. The zero-order valence-electron chi connectivity index (χ0n) is 18.8. The largest absolute Gasteiger partial charge is 0.465 e. The normalized spacial score (nSPS) is 11.1. The molecule has 0 bridgehead atoms. The highest BCUT2D eigenvalue weighted by atomic mass is 16.6. The Bertz CT molecular complexity index is 760. The summed E-state index contributed by atoms with van der Waals surface area (Å²) in [5, 5.41) is 6.88. The summed E-state index contributed by atoms with van der Waals surface area (Å²) in [5.74, 6) is -3.49. The van der Waals surface area contributed by atoms with E-state index in [-0.39, 0.29) is 24.4 Å². The SMILES string of the molecule is CCOC(=O)CNC(=O)/C(=C\CC(=O)OC(C)(C)C)NC(=O)CNC(=O)C(N)=C(C)C. The van der Waals surface area contributed by atoms with Crippen molar-refractivity contribution in [2.75, 3.05) is 19.7 Å². The van der Waals surface area contributed by atoms with Gasteiger partial charge in [-0.3, -0.25) is 24.0 Å². The van der Waals surface area contributed by atoms with Crippen molar-refractivity contribution in [1.82, 2.24) is 16.0 Å². The predicted molar refractivity (Wildman–Crippen MR) is 112 cm³/mol. The molecule has 11 nitrogen and oxygen atoms in total. The number of amides is 3. The van der Waals surface area contributed by atoms with E-state index in [9.17, 15) is 24.0 Å². The van der Waals surface area contributed by atoms with Crippen LogP contribution in [0, 0.1) is 0 Å². The van der Waals surface area contributed by atoms with Gasteiger partial charge >= 0.3 is 11.9 Å². The van der Waals surface area contributed by atoms with E-state index in [1.54, 1.807) is 41.5 Å². The molecule has 0 aromatic carbocycles. The van der Waals surface area contributed by atoms with Gasteiger partial charge in [0.25, 0.3) is 11.8 Å². The van der Waals surface area contributed by atoms with E-state index in [0.29, 0.717) is 5.57 Å². The Balaban J connectivity index is 5.18. The minimum Gasteiger partial charge on any atom is -0.465 e. The van der Waals surface area contributed by atoms with Gasteiger partial charge in [0.1, 0.15) is 17.8 Å². The molecule has 174 valence electrons. The van der Waals surface area contributed by atoms with Gasteiger partial charge in [-0.25, -0.2) is 0 Å². The monoisotopic (exact) mass is 440 g/mol. The first-order chi connectivity index (χ1) is 14.3. The van der Waals surface area contributed by atoms with Crippen molar-refractivity contribution in [3.05, 3.63) is 23.0 Å². The fourth-order valence-electron chi connectivity index (χ4n) is 1.91. The Morgan fingerprint density at radius 3 is 2.03 bits per heavy atom. The van der Waals surface area contributed by atoms with E-state index in [4.69, 9.17) is 15.2 Å². The van der Waals surface area contributed by atoms with E-state index in [0.717, 1.165) is 6.08 Å². The van der Waals surface area contributed by atoms with Crippen LogP contribution >= 0.6 is 0 Å². The van der Waals surface area contributed by atoms with Crippen LogP contribution in [0.1, 0.15) is 48.0 Å². The van der Waals surface area contributed by atoms with Crippen LogP contribution in [-0.4, -0.2) is 55.0 Å². The Labute approximate surface area is 181 Å². The molecule has 11 heteroatoms. The maximum Gasteiger partial charge on any atom is 0.325 e. The van der Waals surface area contributed by atoms with Crippen LogP contribution in [0.3, 0.4) is 0 Å². The minimum atomic E-state index is -0.819. The molecule has 0 saturated carbocycles. The average Bonchev–Trinajstić information content (AvgIpc) is 2.65.